The zero-order valence-electron chi connectivity index (χ0n) is 11.0. The summed E-state index contributed by atoms with van der Waals surface area (Å²) in [5, 5.41) is 0. The first-order valence-electron chi connectivity index (χ1n) is 6.27. The fourth-order valence-electron chi connectivity index (χ4n) is 1.53. The number of carbonyl (C=O) groups excluding carboxylic acids is 1. The van der Waals surface area contributed by atoms with E-state index in [2.05, 4.69) is 6.92 Å². The Balaban J connectivity index is 2.69. The monoisotopic (exact) mass is 248 g/mol. The SMILES string of the molecule is CC/C=C/COC(C(=O)OCC)c1ccccc1. The second kappa shape index (κ2) is 8.48. The minimum atomic E-state index is -0.646. The fraction of sp³-hybridized carbons (Fsp3) is 0.400. The van der Waals surface area contributed by atoms with Crippen LogP contribution in [0.2, 0.25) is 0 Å². The topological polar surface area (TPSA) is 35.5 Å². The summed E-state index contributed by atoms with van der Waals surface area (Å²) in [5.41, 5.74) is 0.820. The molecule has 1 unspecified atom stereocenters. The Hall–Kier alpha value is -1.61. The van der Waals surface area contributed by atoms with Crippen molar-refractivity contribution in [3.63, 3.8) is 0 Å². The number of ether oxygens (including phenoxy) is 2. The highest BCUT2D eigenvalue weighted by atomic mass is 16.6. The Morgan fingerprint density at radius 3 is 2.56 bits per heavy atom. The van der Waals surface area contributed by atoms with Crippen molar-refractivity contribution in [1.82, 2.24) is 0 Å². The average Bonchev–Trinajstić information content (AvgIpc) is 2.40. The molecule has 0 N–H and O–H groups in total. The number of rotatable bonds is 7. The number of hydrogen-bond acceptors (Lipinski definition) is 3. The van der Waals surface area contributed by atoms with Gasteiger partial charge in [0, 0.05) is 0 Å². The Bertz CT molecular complexity index is 371. The first-order valence-corrected chi connectivity index (χ1v) is 6.27. The third kappa shape index (κ3) is 4.72. The summed E-state index contributed by atoms with van der Waals surface area (Å²) in [6.07, 6.45) is 4.23. The van der Waals surface area contributed by atoms with Crippen LogP contribution in [-0.2, 0) is 14.3 Å². The predicted molar refractivity (Wildman–Crippen MR) is 71.2 cm³/mol. The van der Waals surface area contributed by atoms with Crippen molar-refractivity contribution >= 4 is 5.97 Å². The van der Waals surface area contributed by atoms with Crippen LogP contribution in [0.1, 0.15) is 31.9 Å². The smallest absolute Gasteiger partial charge is 0.339 e. The molecule has 1 rings (SSSR count). The molecule has 18 heavy (non-hydrogen) atoms. The summed E-state index contributed by atoms with van der Waals surface area (Å²) in [6.45, 7) is 4.61. The van der Waals surface area contributed by atoms with Crippen molar-refractivity contribution in [3.8, 4) is 0 Å². The Morgan fingerprint density at radius 1 is 1.22 bits per heavy atom. The van der Waals surface area contributed by atoms with Gasteiger partial charge in [0.15, 0.2) is 6.10 Å². The van der Waals surface area contributed by atoms with Crippen molar-refractivity contribution < 1.29 is 14.3 Å². The molecule has 0 amide bonds. The van der Waals surface area contributed by atoms with Gasteiger partial charge in [-0.1, -0.05) is 49.4 Å². The van der Waals surface area contributed by atoms with Crippen LogP contribution < -0.4 is 0 Å². The maximum Gasteiger partial charge on any atom is 0.339 e. The lowest BCUT2D eigenvalue weighted by molar-refractivity contribution is -0.156. The van der Waals surface area contributed by atoms with Crippen LogP contribution in [0, 0.1) is 0 Å². The van der Waals surface area contributed by atoms with Gasteiger partial charge in [-0.15, -0.1) is 0 Å². The van der Waals surface area contributed by atoms with Gasteiger partial charge in [-0.25, -0.2) is 4.79 Å². The van der Waals surface area contributed by atoms with Crippen molar-refractivity contribution in [2.24, 2.45) is 0 Å². The summed E-state index contributed by atoms with van der Waals surface area (Å²) in [7, 11) is 0. The van der Waals surface area contributed by atoms with Crippen LogP contribution in [0.5, 0.6) is 0 Å². The Kier molecular flexibility index (Phi) is 6.81. The fourth-order valence-corrected chi connectivity index (χ4v) is 1.53. The summed E-state index contributed by atoms with van der Waals surface area (Å²) >= 11 is 0. The summed E-state index contributed by atoms with van der Waals surface area (Å²) in [5.74, 6) is -0.339. The maximum atomic E-state index is 11.8. The van der Waals surface area contributed by atoms with Gasteiger partial charge in [0.25, 0.3) is 0 Å². The van der Waals surface area contributed by atoms with Crippen LogP contribution >= 0.6 is 0 Å². The molecule has 0 aliphatic carbocycles. The number of carbonyl (C=O) groups is 1. The van der Waals surface area contributed by atoms with E-state index in [4.69, 9.17) is 9.47 Å². The highest BCUT2D eigenvalue weighted by Gasteiger charge is 2.21. The van der Waals surface area contributed by atoms with Crippen LogP contribution in [0.4, 0.5) is 0 Å². The zero-order chi connectivity index (χ0) is 13.2. The number of benzene rings is 1. The molecule has 0 saturated carbocycles. The van der Waals surface area contributed by atoms with Crippen LogP contribution in [0.3, 0.4) is 0 Å². The molecule has 0 fully saturated rings. The highest BCUT2D eigenvalue weighted by Crippen LogP contribution is 2.18. The molecule has 0 aliphatic rings. The molecule has 3 heteroatoms. The van der Waals surface area contributed by atoms with Crippen LogP contribution in [0.15, 0.2) is 42.5 Å². The largest absolute Gasteiger partial charge is 0.464 e. The van der Waals surface area contributed by atoms with Gasteiger partial charge in [-0.05, 0) is 18.9 Å². The molecule has 1 aromatic carbocycles. The third-order valence-electron chi connectivity index (χ3n) is 2.36. The first kappa shape index (κ1) is 14.5. The minimum absolute atomic E-state index is 0.339. The maximum absolute atomic E-state index is 11.8. The number of esters is 1. The average molecular weight is 248 g/mol. The summed E-state index contributed by atoms with van der Waals surface area (Å²) in [6, 6.07) is 9.40. The second-order valence-corrected chi connectivity index (χ2v) is 3.76. The van der Waals surface area contributed by atoms with E-state index in [1.54, 1.807) is 6.92 Å². The lowest BCUT2D eigenvalue weighted by Gasteiger charge is -2.15. The molecule has 3 nitrogen and oxygen atoms in total. The first-order chi connectivity index (χ1) is 8.79. The van der Waals surface area contributed by atoms with Gasteiger partial charge in [-0.2, -0.15) is 0 Å². The second-order valence-electron chi connectivity index (χ2n) is 3.76. The summed E-state index contributed by atoms with van der Waals surface area (Å²) in [4.78, 5) is 11.8. The molecular formula is C15H20O3. The van der Waals surface area contributed by atoms with E-state index < -0.39 is 6.10 Å². The molecule has 0 heterocycles. The quantitative estimate of drug-likeness (QED) is 0.548. The normalized spacial score (nSPS) is 12.6. The molecule has 0 radical (unpaired) electrons. The Morgan fingerprint density at radius 2 is 1.94 bits per heavy atom. The van der Waals surface area contributed by atoms with Gasteiger partial charge < -0.3 is 9.47 Å². The van der Waals surface area contributed by atoms with E-state index in [1.165, 1.54) is 0 Å². The van der Waals surface area contributed by atoms with Crippen molar-refractivity contribution in [2.75, 3.05) is 13.2 Å². The predicted octanol–water partition coefficient (Wildman–Crippen LogP) is 3.27. The lowest BCUT2D eigenvalue weighted by atomic mass is 10.1. The van der Waals surface area contributed by atoms with Gasteiger partial charge in [-0.3, -0.25) is 0 Å². The van der Waals surface area contributed by atoms with Gasteiger partial charge in [0.2, 0.25) is 0 Å². The van der Waals surface area contributed by atoms with E-state index in [1.807, 2.05) is 42.5 Å². The molecule has 1 atom stereocenters. The van der Waals surface area contributed by atoms with Gasteiger partial charge in [0.1, 0.15) is 0 Å². The van der Waals surface area contributed by atoms with Crippen molar-refractivity contribution in [1.29, 1.82) is 0 Å². The van der Waals surface area contributed by atoms with E-state index in [-0.39, 0.29) is 5.97 Å². The van der Waals surface area contributed by atoms with E-state index >= 15 is 0 Å². The molecule has 0 aromatic heterocycles. The van der Waals surface area contributed by atoms with Crippen molar-refractivity contribution in [2.45, 2.75) is 26.4 Å². The molecule has 0 bridgehead atoms. The van der Waals surface area contributed by atoms with Gasteiger partial charge in [0.05, 0.1) is 13.2 Å². The highest BCUT2D eigenvalue weighted by molar-refractivity contribution is 5.76. The Labute approximate surface area is 108 Å². The molecule has 0 aliphatic heterocycles. The van der Waals surface area contributed by atoms with E-state index in [9.17, 15) is 4.79 Å². The molecule has 1 aromatic rings. The third-order valence-corrected chi connectivity index (χ3v) is 2.36. The minimum Gasteiger partial charge on any atom is -0.464 e. The van der Waals surface area contributed by atoms with Crippen LogP contribution in [0.25, 0.3) is 0 Å². The number of hydrogen-bond donors (Lipinski definition) is 0. The molecule has 0 saturated heterocycles. The molecule has 98 valence electrons. The zero-order valence-corrected chi connectivity index (χ0v) is 11.0. The lowest BCUT2D eigenvalue weighted by Crippen LogP contribution is -2.19. The van der Waals surface area contributed by atoms with Gasteiger partial charge >= 0.3 is 5.97 Å². The molecule has 0 spiro atoms. The van der Waals surface area contributed by atoms with E-state index in [0.29, 0.717) is 13.2 Å². The van der Waals surface area contributed by atoms with Crippen LogP contribution in [-0.4, -0.2) is 19.2 Å². The molecular weight excluding hydrogens is 228 g/mol. The van der Waals surface area contributed by atoms with Crippen molar-refractivity contribution in [3.05, 3.63) is 48.0 Å². The standard InChI is InChI=1S/C15H20O3/c1-3-5-9-12-18-14(15(16)17-4-2)13-10-7-6-8-11-13/h5-11,14H,3-4,12H2,1-2H3/b9-5+. The van der Waals surface area contributed by atoms with E-state index in [0.717, 1.165) is 12.0 Å². The number of allylic oxidation sites excluding steroid dienone is 1. The summed E-state index contributed by atoms with van der Waals surface area (Å²) < 4.78 is 10.6.